The van der Waals surface area contributed by atoms with Crippen molar-refractivity contribution in [2.75, 3.05) is 31.5 Å². The second-order valence-corrected chi connectivity index (χ2v) is 6.19. The lowest BCUT2D eigenvalue weighted by atomic mass is 10.1. The second kappa shape index (κ2) is 10.8. The van der Waals surface area contributed by atoms with Gasteiger partial charge in [-0.3, -0.25) is 19.3 Å². The maximum Gasteiger partial charge on any atom is 0.303 e. The summed E-state index contributed by atoms with van der Waals surface area (Å²) in [7, 11) is 0. The van der Waals surface area contributed by atoms with Gasteiger partial charge in [-0.2, -0.15) is 0 Å². The standard InChI is InChI=1S/C15H23Cl2NO7/c1-9(19)22-8-12-13(23-10(2)20)14(24-11(3)21)15(25-12)18(6-4-16)7-5-17/h12-15H,4-8H2,1-3H3/t12-,13-,14-,15-/m1/s1. The number of ether oxygens (including phenoxy) is 4. The van der Waals surface area contributed by atoms with Crippen LogP contribution in [0.2, 0.25) is 0 Å². The number of nitrogens with zero attached hydrogens (tertiary/aromatic N) is 1. The van der Waals surface area contributed by atoms with Crippen molar-refractivity contribution in [2.45, 2.75) is 45.3 Å². The fraction of sp³-hybridized carbons (Fsp3) is 0.800. The molecule has 1 heterocycles. The van der Waals surface area contributed by atoms with Crippen molar-refractivity contribution in [1.29, 1.82) is 0 Å². The van der Waals surface area contributed by atoms with E-state index >= 15 is 0 Å². The monoisotopic (exact) mass is 399 g/mol. The molecule has 144 valence electrons. The van der Waals surface area contributed by atoms with Gasteiger partial charge in [0.05, 0.1) is 0 Å². The maximum absolute atomic E-state index is 11.5. The highest BCUT2D eigenvalue weighted by Crippen LogP contribution is 2.30. The molecule has 8 nitrogen and oxygen atoms in total. The van der Waals surface area contributed by atoms with Crippen molar-refractivity contribution in [3.8, 4) is 0 Å². The number of halogens is 2. The van der Waals surface area contributed by atoms with E-state index in [0.29, 0.717) is 24.8 Å². The Kier molecular flexibility index (Phi) is 9.48. The highest BCUT2D eigenvalue weighted by molar-refractivity contribution is 6.18. The summed E-state index contributed by atoms with van der Waals surface area (Å²) in [5.41, 5.74) is 0. The van der Waals surface area contributed by atoms with Crippen molar-refractivity contribution >= 4 is 41.1 Å². The molecule has 0 saturated carbocycles. The third-order valence-corrected chi connectivity index (χ3v) is 3.78. The van der Waals surface area contributed by atoms with E-state index in [0.717, 1.165) is 0 Å². The Balaban J connectivity index is 3.07. The summed E-state index contributed by atoms with van der Waals surface area (Å²) in [5, 5.41) is 0. The summed E-state index contributed by atoms with van der Waals surface area (Å²) in [6.45, 7) is 4.43. The molecular weight excluding hydrogens is 377 g/mol. The molecule has 10 heteroatoms. The summed E-state index contributed by atoms with van der Waals surface area (Å²) in [6.07, 6.45) is -3.33. The van der Waals surface area contributed by atoms with Gasteiger partial charge in [0.1, 0.15) is 12.7 Å². The van der Waals surface area contributed by atoms with E-state index in [1.807, 2.05) is 0 Å². The number of esters is 3. The zero-order valence-corrected chi connectivity index (χ0v) is 15.9. The van der Waals surface area contributed by atoms with Gasteiger partial charge in [-0.1, -0.05) is 0 Å². The maximum atomic E-state index is 11.5. The predicted octanol–water partition coefficient (Wildman–Crippen LogP) is 0.917. The van der Waals surface area contributed by atoms with Gasteiger partial charge in [-0.15, -0.1) is 23.2 Å². The zero-order chi connectivity index (χ0) is 19.0. The topological polar surface area (TPSA) is 91.4 Å². The third kappa shape index (κ3) is 6.97. The normalized spacial score (nSPS) is 25.7. The number of hydrogen-bond donors (Lipinski definition) is 0. The fourth-order valence-corrected chi connectivity index (χ4v) is 3.00. The first-order valence-corrected chi connectivity index (χ1v) is 8.86. The molecule has 0 aromatic rings. The Hall–Kier alpha value is -1.09. The van der Waals surface area contributed by atoms with Gasteiger partial charge in [0.2, 0.25) is 0 Å². The van der Waals surface area contributed by atoms with Gasteiger partial charge >= 0.3 is 17.9 Å². The Bertz CT molecular complexity index is 471. The van der Waals surface area contributed by atoms with Crippen LogP contribution in [0.4, 0.5) is 0 Å². The van der Waals surface area contributed by atoms with Crippen molar-refractivity contribution in [3.63, 3.8) is 0 Å². The largest absolute Gasteiger partial charge is 0.463 e. The summed E-state index contributed by atoms with van der Waals surface area (Å²) in [5.74, 6) is -1.02. The number of alkyl halides is 2. The van der Waals surface area contributed by atoms with Crippen molar-refractivity contribution in [3.05, 3.63) is 0 Å². The molecular formula is C15H23Cl2NO7. The molecule has 0 spiro atoms. The highest BCUT2D eigenvalue weighted by Gasteiger charge is 2.51. The predicted molar refractivity (Wildman–Crippen MR) is 89.4 cm³/mol. The average molecular weight is 400 g/mol. The zero-order valence-electron chi connectivity index (χ0n) is 14.4. The Morgan fingerprint density at radius 2 is 1.44 bits per heavy atom. The lowest BCUT2D eigenvalue weighted by molar-refractivity contribution is -0.168. The number of carbonyl (C=O) groups excluding carboxylic acids is 3. The SMILES string of the molecule is CC(=O)OC[C@H]1O[C@@H](N(CCCl)CCCl)[C@H](OC(C)=O)[C@@H]1OC(C)=O. The lowest BCUT2D eigenvalue weighted by Gasteiger charge is -2.31. The van der Waals surface area contributed by atoms with Crippen LogP contribution in [0.25, 0.3) is 0 Å². The van der Waals surface area contributed by atoms with Crippen LogP contribution in [0.1, 0.15) is 20.8 Å². The molecule has 0 radical (unpaired) electrons. The molecule has 0 aliphatic carbocycles. The van der Waals surface area contributed by atoms with Crippen molar-refractivity contribution in [2.24, 2.45) is 0 Å². The van der Waals surface area contributed by atoms with E-state index in [2.05, 4.69) is 0 Å². The van der Waals surface area contributed by atoms with Gasteiger partial charge in [0.25, 0.3) is 0 Å². The third-order valence-electron chi connectivity index (χ3n) is 3.44. The van der Waals surface area contributed by atoms with Gasteiger partial charge in [-0.25, -0.2) is 0 Å². The Morgan fingerprint density at radius 3 is 1.88 bits per heavy atom. The quantitative estimate of drug-likeness (QED) is 0.321. The van der Waals surface area contributed by atoms with E-state index in [4.69, 9.17) is 42.1 Å². The molecule has 0 bridgehead atoms. The molecule has 4 atom stereocenters. The number of carbonyl (C=O) groups is 3. The molecule has 0 amide bonds. The molecule has 1 aliphatic heterocycles. The van der Waals surface area contributed by atoms with Crippen LogP contribution >= 0.6 is 23.2 Å². The van der Waals surface area contributed by atoms with Crippen LogP contribution in [-0.2, 0) is 33.3 Å². The molecule has 25 heavy (non-hydrogen) atoms. The Labute approximate surface area is 156 Å². The average Bonchev–Trinajstić information content (AvgIpc) is 2.82. The first-order chi connectivity index (χ1) is 11.8. The highest BCUT2D eigenvalue weighted by atomic mass is 35.5. The van der Waals surface area contributed by atoms with Crippen LogP contribution in [0.5, 0.6) is 0 Å². The van der Waals surface area contributed by atoms with E-state index in [1.54, 1.807) is 4.90 Å². The van der Waals surface area contributed by atoms with Gasteiger partial charge in [-0.05, 0) is 0 Å². The van der Waals surface area contributed by atoms with E-state index in [1.165, 1.54) is 20.8 Å². The summed E-state index contributed by atoms with van der Waals surface area (Å²) in [6, 6.07) is 0. The second-order valence-electron chi connectivity index (χ2n) is 5.43. The minimum atomic E-state index is -0.918. The molecule has 1 fully saturated rings. The van der Waals surface area contributed by atoms with E-state index in [-0.39, 0.29) is 6.61 Å². The first-order valence-electron chi connectivity index (χ1n) is 7.79. The van der Waals surface area contributed by atoms with Gasteiger partial charge < -0.3 is 18.9 Å². The molecule has 0 aromatic heterocycles. The first kappa shape index (κ1) is 22.0. The Morgan fingerprint density at radius 1 is 0.920 bits per heavy atom. The number of rotatable bonds is 9. The minimum Gasteiger partial charge on any atom is -0.463 e. The summed E-state index contributed by atoms with van der Waals surface area (Å²) >= 11 is 11.6. The molecule has 0 N–H and O–H groups in total. The van der Waals surface area contributed by atoms with Gasteiger partial charge in [0, 0.05) is 45.6 Å². The molecule has 1 saturated heterocycles. The van der Waals surface area contributed by atoms with Crippen LogP contribution in [-0.4, -0.2) is 78.8 Å². The summed E-state index contributed by atoms with van der Waals surface area (Å²) in [4.78, 5) is 35.9. The minimum absolute atomic E-state index is 0.142. The van der Waals surface area contributed by atoms with Crippen molar-refractivity contribution < 1.29 is 33.3 Å². The lowest BCUT2D eigenvalue weighted by Crippen LogP contribution is -2.48. The summed E-state index contributed by atoms with van der Waals surface area (Å²) < 4.78 is 21.5. The molecule has 1 rings (SSSR count). The van der Waals surface area contributed by atoms with Crippen LogP contribution < -0.4 is 0 Å². The number of hydrogen-bond acceptors (Lipinski definition) is 8. The van der Waals surface area contributed by atoms with Crippen LogP contribution in [0.15, 0.2) is 0 Å². The van der Waals surface area contributed by atoms with Crippen molar-refractivity contribution in [1.82, 2.24) is 4.90 Å². The van der Waals surface area contributed by atoms with E-state index < -0.39 is 42.4 Å². The van der Waals surface area contributed by atoms with Crippen LogP contribution in [0, 0.1) is 0 Å². The fourth-order valence-electron chi connectivity index (χ4n) is 2.57. The molecule has 1 aliphatic rings. The molecule has 0 unspecified atom stereocenters. The van der Waals surface area contributed by atoms with E-state index in [9.17, 15) is 14.4 Å². The molecule has 0 aromatic carbocycles. The smallest absolute Gasteiger partial charge is 0.303 e. The van der Waals surface area contributed by atoms with Crippen LogP contribution in [0.3, 0.4) is 0 Å². The van der Waals surface area contributed by atoms with Gasteiger partial charge in [0.15, 0.2) is 18.4 Å².